The minimum atomic E-state index is 0.0441. The van der Waals surface area contributed by atoms with Crippen LogP contribution in [0.3, 0.4) is 0 Å². The molecule has 1 saturated heterocycles. The molecule has 31 heavy (non-hydrogen) atoms. The van der Waals surface area contributed by atoms with E-state index in [9.17, 15) is 4.79 Å². The molecule has 4 aromatic rings. The molecule has 0 aliphatic carbocycles. The van der Waals surface area contributed by atoms with Gasteiger partial charge in [-0.2, -0.15) is 0 Å². The molecule has 2 aromatic heterocycles. The number of hydrogen-bond acceptors (Lipinski definition) is 4. The fraction of sp³-hybridized carbons (Fsp3) is 0.208. The quantitative estimate of drug-likeness (QED) is 0.484. The number of hydrogen-bond donors (Lipinski definition) is 0. The van der Waals surface area contributed by atoms with Crippen LogP contribution in [0.25, 0.3) is 16.9 Å². The standard InChI is InChI=1S/C24H22ClN5O/c1-17-27-22-9-4-10-26-23(22)30(17)21-8-2-5-18(15-21)24(31)29-13-11-28(12-14-29)20-7-3-6-19(25)16-20/h2-10,15-16H,11-14H2,1H3. The summed E-state index contributed by atoms with van der Waals surface area (Å²) in [5, 5.41) is 0.727. The molecular formula is C24H22ClN5O. The first kappa shape index (κ1) is 19.6. The Bertz CT molecular complexity index is 1260. The Morgan fingerprint density at radius 3 is 2.52 bits per heavy atom. The lowest BCUT2D eigenvalue weighted by Crippen LogP contribution is -2.48. The lowest BCUT2D eigenvalue weighted by Gasteiger charge is -2.36. The largest absolute Gasteiger partial charge is 0.368 e. The summed E-state index contributed by atoms with van der Waals surface area (Å²) in [4.78, 5) is 26.5. The summed E-state index contributed by atoms with van der Waals surface area (Å²) in [5.74, 6) is 0.885. The molecule has 1 aliphatic rings. The summed E-state index contributed by atoms with van der Waals surface area (Å²) in [7, 11) is 0. The summed E-state index contributed by atoms with van der Waals surface area (Å²) in [6, 6.07) is 19.4. The van der Waals surface area contributed by atoms with E-state index in [0.717, 1.165) is 46.5 Å². The number of aryl methyl sites for hydroxylation is 1. The molecule has 0 atom stereocenters. The van der Waals surface area contributed by atoms with Crippen molar-refractivity contribution in [3.8, 4) is 5.69 Å². The fourth-order valence-corrected chi connectivity index (χ4v) is 4.32. The predicted molar refractivity (Wildman–Crippen MR) is 123 cm³/mol. The maximum atomic E-state index is 13.2. The number of anilines is 1. The maximum Gasteiger partial charge on any atom is 0.254 e. The molecule has 1 aliphatic heterocycles. The molecule has 0 saturated carbocycles. The third-order valence-electron chi connectivity index (χ3n) is 5.68. The van der Waals surface area contributed by atoms with Gasteiger partial charge in [-0.25, -0.2) is 9.97 Å². The normalized spacial score (nSPS) is 14.3. The number of carbonyl (C=O) groups is 1. The maximum absolute atomic E-state index is 13.2. The second-order valence-corrected chi connectivity index (χ2v) is 8.09. The van der Waals surface area contributed by atoms with Gasteiger partial charge in [0.05, 0.1) is 0 Å². The minimum Gasteiger partial charge on any atom is -0.368 e. The summed E-state index contributed by atoms with van der Waals surface area (Å²) in [5.41, 5.74) is 4.29. The van der Waals surface area contributed by atoms with Crippen molar-refractivity contribution in [1.82, 2.24) is 19.4 Å². The zero-order chi connectivity index (χ0) is 21.4. The van der Waals surface area contributed by atoms with E-state index in [2.05, 4.69) is 20.9 Å². The van der Waals surface area contributed by atoms with Crippen LogP contribution in [-0.2, 0) is 0 Å². The predicted octanol–water partition coefficient (Wildman–Crippen LogP) is 4.34. The molecule has 1 fully saturated rings. The van der Waals surface area contributed by atoms with Crippen LogP contribution in [0.5, 0.6) is 0 Å². The van der Waals surface area contributed by atoms with Crippen LogP contribution in [-0.4, -0.2) is 51.5 Å². The van der Waals surface area contributed by atoms with E-state index in [1.54, 1.807) is 6.20 Å². The Kier molecular flexibility index (Phi) is 5.08. The smallest absolute Gasteiger partial charge is 0.254 e. The Labute approximate surface area is 185 Å². The van der Waals surface area contributed by atoms with Crippen molar-refractivity contribution in [1.29, 1.82) is 0 Å². The topological polar surface area (TPSA) is 54.3 Å². The first-order valence-corrected chi connectivity index (χ1v) is 10.7. The number of carbonyl (C=O) groups excluding carboxylic acids is 1. The van der Waals surface area contributed by atoms with Crippen molar-refractivity contribution in [2.75, 3.05) is 31.1 Å². The highest BCUT2D eigenvalue weighted by atomic mass is 35.5. The number of halogens is 1. The van der Waals surface area contributed by atoms with Crippen molar-refractivity contribution >= 4 is 34.4 Å². The lowest BCUT2D eigenvalue weighted by atomic mass is 10.1. The number of aromatic nitrogens is 3. The van der Waals surface area contributed by atoms with Crippen LogP contribution < -0.4 is 4.90 Å². The lowest BCUT2D eigenvalue weighted by molar-refractivity contribution is 0.0746. The Hall–Kier alpha value is -3.38. The van der Waals surface area contributed by atoms with Gasteiger partial charge in [0.2, 0.25) is 0 Å². The highest BCUT2D eigenvalue weighted by Crippen LogP contribution is 2.23. The minimum absolute atomic E-state index is 0.0441. The van der Waals surface area contributed by atoms with E-state index < -0.39 is 0 Å². The number of pyridine rings is 1. The first-order valence-electron chi connectivity index (χ1n) is 10.3. The molecule has 5 rings (SSSR count). The van der Waals surface area contributed by atoms with Crippen LogP contribution in [0.4, 0.5) is 5.69 Å². The van der Waals surface area contributed by atoms with Gasteiger partial charge < -0.3 is 9.80 Å². The molecule has 2 aromatic carbocycles. The highest BCUT2D eigenvalue weighted by Gasteiger charge is 2.23. The molecular weight excluding hydrogens is 410 g/mol. The number of piperazine rings is 1. The van der Waals surface area contributed by atoms with E-state index in [-0.39, 0.29) is 5.91 Å². The van der Waals surface area contributed by atoms with Crippen LogP contribution in [0.2, 0.25) is 5.02 Å². The Morgan fingerprint density at radius 1 is 0.935 bits per heavy atom. The van der Waals surface area contributed by atoms with Gasteiger partial charge in [0.1, 0.15) is 11.3 Å². The molecule has 6 nitrogen and oxygen atoms in total. The van der Waals surface area contributed by atoms with E-state index in [1.165, 1.54) is 0 Å². The van der Waals surface area contributed by atoms with Gasteiger partial charge in [0.15, 0.2) is 5.65 Å². The Morgan fingerprint density at radius 2 is 1.71 bits per heavy atom. The van der Waals surface area contributed by atoms with Gasteiger partial charge >= 0.3 is 0 Å². The van der Waals surface area contributed by atoms with Gasteiger partial charge in [-0.05, 0) is 55.5 Å². The van der Waals surface area contributed by atoms with Crippen LogP contribution >= 0.6 is 11.6 Å². The van der Waals surface area contributed by atoms with Crippen molar-refractivity contribution in [2.24, 2.45) is 0 Å². The molecule has 0 unspecified atom stereocenters. The monoisotopic (exact) mass is 431 g/mol. The second kappa shape index (κ2) is 8.04. The number of fused-ring (bicyclic) bond motifs is 1. The van der Waals surface area contributed by atoms with E-state index in [1.807, 2.05) is 71.0 Å². The fourth-order valence-electron chi connectivity index (χ4n) is 4.14. The number of nitrogens with zero attached hydrogens (tertiary/aromatic N) is 5. The first-order chi connectivity index (χ1) is 15.1. The number of benzene rings is 2. The van der Waals surface area contributed by atoms with Crippen molar-refractivity contribution in [3.05, 3.63) is 83.3 Å². The molecule has 3 heterocycles. The highest BCUT2D eigenvalue weighted by molar-refractivity contribution is 6.30. The van der Waals surface area contributed by atoms with Crippen molar-refractivity contribution < 1.29 is 4.79 Å². The molecule has 156 valence electrons. The summed E-state index contributed by atoms with van der Waals surface area (Å²) >= 11 is 6.13. The van der Waals surface area contributed by atoms with E-state index >= 15 is 0 Å². The average molecular weight is 432 g/mol. The third kappa shape index (κ3) is 3.75. The van der Waals surface area contributed by atoms with Crippen LogP contribution in [0.1, 0.15) is 16.2 Å². The molecule has 7 heteroatoms. The molecule has 1 amide bonds. The number of amides is 1. The SMILES string of the molecule is Cc1nc2cccnc2n1-c1cccc(C(=O)N2CCN(c3cccc(Cl)c3)CC2)c1. The van der Waals surface area contributed by atoms with Crippen LogP contribution in [0, 0.1) is 6.92 Å². The van der Waals surface area contributed by atoms with E-state index in [4.69, 9.17) is 11.6 Å². The third-order valence-corrected chi connectivity index (χ3v) is 5.91. The van der Waals surface area contributed by atoms with Gasteiger partial charge in [0, 0.05) is 54.3 Å². The second-order valence-electron chi connectivity index (χ2n) is 7.65. The van der Waals surface area contributed by atoms with E-state index in [0.29, 0.717) is 18.7 Å². The molecule has 0 bridgehead atoms. The van der Waals surface area contributed by atoms with Crippen molar-refractivity contribution in [2.45, 2.75) is 6.92 Å². The number of imidazole rings is 1. The van der Waals surface area contributed by atoms with Crippen molar-refractivity contribution in [3.63, 3.8) is 0 Å². The summed E-state index contributed by atoms with van der Waals surface area (Å²) < 4.78 is 1.99. The number of rotatable bonds is 3. The summed E-state index contributed by atoms with van der Waals surface area (Å²) in [6.07, 6.45) is 1.76. The average Bonchev–Trinajstić information content (AvgIpc) is 3.14. The zero-order valence-corrected chi connectivity index (χ0v) is 18.0. The summed E-state index contributed by atoms with van der Waals surface area (Å²) in [6.45, 7) is 4.85. The molecule has 0 radical (unpaired) electrons. The van der Waals surface area contributed by atoms with Gasteiger partial charge in [-0.15, -0.1) is 0 Å². The molecule has 0 spiro atoms. The van der Waals surface area contributed by atoms with Crippen LogP contribution in [0.15, 0.2) is 66.9 Å². The Balaban J connectivity index is 1.36. The van der Waals surface area contributed by atoms with Gasteiger partial charge in [0.25, 0.3) is 5.91 Å². The van der Waals surface area contributed by atoms with Gasteiger partial charge in [-0.1, -0.05) is 23.7 Å². The van der Waals surface area contributed by atoms with Gasteiger partial charge in [-0.3, -0.25) is 9.36 Å². The zero-order valence-electron chi connectivity index (χ0n) is 17.2. The molecule has 0 N–H and O–H groups in total.